The molecule has 0 aliphatic heterocycles. The van der Waals surface area contributed by atoms with Crippen molar-refractivity contribution in [2.24, 2.45) is 5.92 Å². The Morgan fingerprint density at radius 1 is 1.44 bits per heavy atom. The lowest BCUT2D eigenvalue weighted by molar-refractivity contribution is 0.0914. The first-order valence-electron chi connectivity index (χ1n) is 5.73. The minimum atomic E-state index is 0.0782. The van der Waals surface area contributed by atoms with E-state index in [4.69, 9.17) is 0 Å². The highest BCUT2D eigenvalue weighted by molar-refractivity contribution is 9.11. The van der Waals surface area contributed by atoms with Crippen LogP contribution in [0.15, 0.2) is 15.9 Å². The average molecular weight is 302 g/mol. The van der Waals surface area contributed by atoms with Crippen molar-refractivity contribution in [3.8, 4) is 0 Å². The molecule has 2 rings (SSSR count). The van der Waals surface area contributed by atoms with Gasteiger partial charge in [0.15, 0.2) is 0 Å². The summed E-state index contributed by atoms with van der Waals surface area (Å²) >= 11 is 4.87. The Morgan fingerprint density at radius 2 is 2.19 bits per heavy atom. The maximum absolute atomic E-state index is 12.0. The predicted octanol–water partition coefficient (Wildman–Crippen LogP) is 3.82. The maximum atomic E-state index is 12.0. The molecule has 1 aromatic rings. The highest BCUT2D eigenvalue weighted by Crippen LogP contribution is 2.25. The van der Waals surface area contributed by atoms with Crippen LogP contribution < -0.4 is 5.32 Å². The van der Waals surface area contributed by atoms with Crippen LogP contribution in [0.5, 0.6) is 0 Å². The van der Waals surface area contributed by atoms with Crippen molar-refractivity contribution in [1.29, 1.82) is 0 Å². The van der Waals surface area contributed by atoms with Gasteiger partial charge in [-0.1, -0.05) is 19.8 Å². The molecule has 0 unspecified atom stereocenters. The number of hydrogen-bond donors (Lipinski definition) is 1. The lowest BCUT2D eigenvalue weighted by Gasteiger charge is -2.29. The Hall–Kier alpha value is -0.350. The molecule has 2 atom stereocenters. The highest BCUT2D eigenvalue weighted by Gasteiger charge is 2.23. The van der Waals surface area contributed by atoms with Gasteiger partial charge in [0.2, 0.25) is 0 Å². The highest BCUT2D eigenvalue weighted by atomic mass is 79.9. The molecule has 0 saturated heterocycles. The molecule has 2 nitrogen and oxygen atoms in total. The Balaban J connectivity index is 1.96. The van der Waals surface area contributed by atoms with Crippen molar-refractivity contribution < 1.29 is 4.79 Å². The van der Waals surface area contributed by atoms with E-state index in [-0.39, 0.29) is 5.91 Å². The van der Waals surface area contributed by atoms with Crippen LogP contribution in [0.2, 0.25) is 0 Å². The van der Waals surface area contributed by atoms with Crippen LogP contribution in [0.25, 0.3) is 0 Å². The summed E-state index contributed by atoms with van der Waals surface area (Å²) < 4.78 is 1.01. The summed E-state index contributed by atoms with van der Waals surface area (Å²) in [7, 11) is 0. The molecular weight excluding hydrogens is 286 g/mol. The van der Waals surface area contributed by atoms with Crippen molar-refractivity contribution >= 4 is 33.2 Å². The van der Waals surface area contributed by atoms with E-state index in [0.29, 0.717) is 12.0 Å². The molecule has 1 saturated carbocycles. The smallest absolute Gasteiger partial charge is 0.261 e. The summed E-state index contributed by atoms with van der Waals surface area (Å²) in [5.41, 5.74) is 0. The summed E-state index contributed by atoms with van der Waals surface area (Å²) in [6, 6.07) is 4.16. The van der Waals surface area contributed by atoms with Gasteiger partial charge in [-0.15, -0.1) is 11.3 Å². The quantitative estimate of drug-likeness (QED) is 0.884. The predicted molar refractivity (Wildman–Crippen MR) is 70.9 cm³/mol. The Bertz CT molecular complexity index is 377. The number of carbonyl (C=O) groups is 1. The fourth-order valence-corrected chi connectivity index (χ4v) is 3.50. The normalized spacial score (nSPS) is 25.4. The topological polar surface area (TPSA) is 29.1 Å². The second-order valence-corrected chi connectivity index (χ2v) is 6.91. The second-order valence-electron chi connectivity index (χ2n) is 4.45. The van der Waals surface area contributed by atoms with Crippen LogP contribution in [-0.2, 0) is 0 Å². The van der Waals surface area contributed by atoms with E-state index in [0.717, 1.165) is 15.1 Å². The summed E-state index contributed by atoms with van der Waals surface area (Å²) in [6.07, 6.45) is 4.90. The SMILES string of the molecule is C[C@@H]1CCCC[C@@H]1NC(=O)c1ccc(Br)s1. The molecule has 1 aliphatic rings. The molecule has 1 amide bonds. The molecule has 88 valence electrons. The van der Waals surface area contributed by atoms with Gasteiger partial charge in [-0.05, 0) is 46.8 Å². The second kappa shape index (κ2) is 5.32. The fraction of sp³-hybridized carbons (Fsp3) is 0.583. The van der Waals surface area contributed by atoms with E-state index in [9.17, 15) is 4.79 Å². The third-order valence-corrected chi connectivity index (χ3v) is 4.85. The van der Waals surface area contributed by atoms with Crippen molar-refractivity contribution in [3.63, 3.8) is 0 Å². The number of nitrogens with one attached hydrogen (secondary N) is 1. The van der Waals surface area contributed by atoms with E-state index >= 15 is 0 Å². The van der Waals surface area contributed by atoms with Crippen LogP contribution in [-0.4, -0.2) is 11.9 Å². The number of hydrogen-bond acceptors (Lipinski definition) is 2. The first-order valence-corrected chi connectivity index (χ1v) is 7.34. The van der Waals surface area contributed by atoms with Gasteiger partial charge in [0.25, 0.3) is 5.91 Å². The van der Waals surface area contributed by atoms with E-state index < -0.39 is 0 Å². The van der Waals surface area contributed by atoms with Gasteiger partial charge in [-0.2, -0.15) is 0 Å². The monoisotopic (exact) mass is 301 g/mol. The van der Waals surface area contributed by atoms with Gasteiger partial charge in [-0.3, -0.25) is 4.79 Å². The molecule has 0 radical (unpaired) electrons. The van der Waals surface area contributed by atoms with E-state index in [2.05, 4.69) is 28.2 Å². The number of thiophene rings is 1. The van der Waals surface area contributed by atoms with Crippen molar-refractivity contribution in [2.45, 2.75) is 38.6 Å². The number of rotatable bonds is 2. The molecule has 1 heterocycles. The van der Waals surface area contributed by atoms with E-state index in [1.54, 1.807) is 0 Å². The van der Waals surface area contributed by atoms with Gasteiger partial charge >= 0.3 is 0 Å². The van der Waals surface area contributed by atoms with Crippen LogP contribution in [0.4, 0.5) is 0 Å². The van der Waals surface area contributed by atoms with Gasteiger partial charge in [0.1, 0.15) is 0 Å². The van der Waals surface area contributed by atoms with Gasteiger partial charge in [0.05, 0.1) is 8.66 Å². The summed E-state index contributed by atoms with van der Waals surface area (Å²) in [5, 5.41) is 3.15. The Kier molecular flexibility index (Phi) is 4.03. The molecular formula is C12H16BrNOS. The van der Waals surface area contributed by atoms with Crippen LogP contribution in [0.3, 0.4) is 0 Å². The lowest BCUT2D eigenvalue weighted by atomic mass is 9.86. The van der Waals surface area contributed by atoms with Crippen LogP contribution >= 0.6 is 27.3 Å². The fourth-order valence-electron chi connectivity index (χ4n) is 2.21. The molecule has 1 fully saturated rings. The van der Waals surface area contributed by atoms with Gasteiger partial charge < -0.3 is 5.32 Å². The van der Waals surface area contributed by atoms with E-state index in [1.165, 1.54) is 30.6 Å². The molecule has 16 heavy (non-hydrogen) atoms. The van der Waals surface area contributed by atoms with Crippen molar-refractivity contribution in [1.82, 2.24) is 5.32 Å². The Labute approximate surface area is 109 Å². The Morgan fingerprint density at radius 3 is 2.81 bits per heavy atom. The molecule has 1 N–H and O–H groups in total. The third-order valence-electron chi connectivity index (χ3n) is 3.22. The number of amides is 1. The summed E-state index contributed by atoms with van der Waals surface area (Å²) in [6.45, 7) is 2.23. The molecule has 1 aromatic heterocycles. The largest absolute Gasteiger partial charge is 0.348 e. The van der Waals surface area contributed by atoms with Crippen molar-refractivity contribution in [2.75, 3.05) is 0 Å². The molecule has 0 aromatic carbocycles. The van der Waals surface area contributed by atoms with Crippen LogP contribution in [0, 0.1) is 5.92 Å². The maximum Gasteiger partial charge on any atom is 0.261 e. The minimum Gasteiger partial charge on any atom is -0.348 e. The molecule has 0 bridgehead atoms. The lowest BCUT2D eigenvalue weighted by Crippen LogP contribution is -2.40. The summed E-state index contributed by atoms with van der Waals surface area (Å²) in [4.78, 5) is 12.7. The molecule has 0 spiro atoms. The average Bonchev–Trinajstić information content (AvgIpc) is 2.68. The van der Waals surface area contributed by atoms with Gasteiger partial charge in [-0.25, -0.2) is 0 Å². The summed E-state index contributed by atoms with van der Waals surface area (Å²) in [5.74, 6) is 0.690. The first-order chi connectivity index (χ1) is 7.66. The molecule has 1 aliphatic carbocycles. The standard InChI is InChI=1S/C12H16BrNOS/c1-8-4-2-3-5-9(8)14-12(15)10-6-7-11(13)16-10/h6-9H,2-5H2,1H3,(H,14,15)/t8-,9+/m1/s1. The first kappa shape index (κ1) is 12.1. The van der Waals surface area contributed by atoms with Gasteiger partial charge in [0, 0.05) is 6.04 Å². The zero-order valence-electron chi connectivity index (χ0n) is 9.33. The number of carbonyl (C=O) groups excluding carboxylic acids is 1. The van der Waals surface area contributed by atoms with Crippen LogP contribution in [0.1, 0.15) is 42.3 Å². The minimum absolute atomic E-state index is 0.0782. The number of halogens is 1. The zero-order valence-corrected chi connectivity index (χ0v) is 11.7. The third kappa shape index (κ3) is 2.86. The van der Waals surface area contributed by atoms with E-state index in [1.807, 2.05) is 12.1 Å². The molecule has 4 heteroatoms. The van der Waals surface area contributed by atoms with Crippen molar-refractivity contribution in [3.05, 3.63) is 20.8 Å². The zero-order chi connectivity index (χ0) is 11.5.